The summed E-state index contributed by atoms with van der Waals surface area (Å²) in [6.45, 7) is 8.80. The number of amides is 1. The number of hydrogen-bond acceptors (Lipinski definition) is 4. The Bertz CT molecular complexity index is 646. The third-order valence-corrected chi connectivity index (χ3v) is 3.65. The van der Waals surface area contributed by atoms with Gasteiger partial charge in [-0.25, -0.2) is 4.98 Å². The summed E-state index contributed by atoms with van der Waals surface area (Å²) in [5, 5.41) is 4.68. The molecule has 5 nitrogen and oxygen atoms in total. The van der Waals surface area contributed by atoms with Gasteiger partial charge in [-0.05, 0) is 25.3 Å². The van der Waals surface area contributed by atoms with E-state index in [0.717, 1.165) is 30.5 Å². The van der Waals surface area contributed by atoms with Crippen molar-refractivity contribution in [2.24, 2.45) is 0 Å². The first-order valence-electron chi connectivity index (χ1n) is 7.48. The van der Waals surface area contributed by atoms with Gasteiger partial charge in [0.05, 0.1) is 16.6 Å². The molecule has 2 heterocycles. The molecule has 0 N–H and O–H groups in total. The monoisotopic (exact) mass is 289 g/mol. The maximum atomic E-state index is 12.7. The van der Waals surface area contributed by atoms with E-state index in [1.807, 2.05) is 33.9 Å². The number of hydrogen-bond donors (Lipinski definition) is 0. The van der Waals surface area contributed by atoms with Crippen molar-refractivity contribution in [3.05, 3.63) is 23.0 Å². The summed E-state index contributed by atoms with van der Waals surface area (Å²) in [5.74, 6) is 0.233. The van der Waals surface area contributed by atoms with Crippen LogP contribution in [0.5, 0.6) is 0 Å². The van der Waals surface area contributed by atoms with Crippen LogP contribution >= 0.6 is 0 Å². The van der Waals surface area contributed by atoms with Crippen molar-refractivity contribution in [3.63, 3.8) is 0 Å². The molecule has 114 valence electrons. The molecule has 0 radical (unpaired) electrons. The molecule has 5 heteroatoms. The first-order chi connectivity index (χ1) is 9.95. The molecule has 0 fully saturated rings. The topological polar surface area (TPSA) is 59.2 Å². The highest BCUT2D eigenvalue weighted by atomic mass is 16.5. The lowest BCUT2D eigenvalue weighted by atomic mass is 10.0. The van der Waals surface area contributed by atoms with E-state index in [2.05, 4.69) is 17.1 Å². The van der Waals surface area contributed by atoms with Crippen LogP contribution in [0.2, 0.25) is 0 Å². The quantitative estimate of drug-likeness (QED) is 0.845. The van der Waals surface area contributed by atoms with Gasteiger partial charge < -0.3 is 9.42 Å². The zero-order valence-electron chi connectivity index (χ0n) is 13.4. The van der Waals surface area contributed by atoms with E-state index in [4.69, 9.17) is 4.52 Å². The van der Waals surface area contributed by atoms with E-state index in [1.165, 1.54) is 0 Å². The minimum absolute atomic E-state index is 0.00375. The van der Waals surface area contributed by atoms with Crippen molar-refractivity contribution in [2.45, 2.75) is 46.5 Å². The molecular weight excluding hydrogens is 266 g/mol. The predicted molar refractivity (Wildman–Crippen MR) is 82.5 cm³/mol. The van der Waals surface area contributed by atoms with E-state index < -0.39 is 0 Å². The Kier molecular flexibility index (Phi) is 4.60. The number of carbonyl (C=O) groups excluding carboxylic acids is 1. The number of fused-ring (bicyclic) bond motifs is 1. The minimum Gasteiger partial charge on any atom is -0.342 e. The Morgan fingerprint density at radius 2 is 2.14 bits per heavy atom. The largest absolute Gasteiger partial charge is 0.342 e. The fourth-order valence-corrected chi connectivity index (χ4v) is 2.28. The second kappa shape index (κ2) is 6.24. The summed E-state index contributed by atoms with van der Waals surface area (Å²) >= 11 is 0. The van der Waals surface area contributed by atoms with Gasteiger partial charge in [-0.1, -0.05) is 32.3 Å². The van der Waals surface area contributed by atoms with Crippen molar-refractivity contribution in [2.75, 3.05) is 13.6 Å². The van der Waals surface area contributed by atoms with Crippen LogP contribution < -0.4 is 0 Å². The maximum absolute atomic E-state index is 12.7. The standard InChI is InChI=1S/C16H23N3O2/c1-6-7-8-19(5)16(20)12-9-13(10(2)3)17-15-14(12)11(4)18-21-15/h9-10H,6-8H2,1-5H3. The molecule has 0 bridgehead atoms. The first-order valence-corrected chi connectivity index (χ1v) is 7.48. The van der Waals surface area contributed by atoms with Gasteiger partial charge in [0, 0.05) is 19.3 Å². The van der Waals surface area contributed by atoms with Crippen LogP contribution in [0.25, 0.3) is 11.1 Å². The van der Waals surface area contributed by atoms with Crippen molar-refractivity contribution < 1.29 is 9.32 Å². The molecule has 0 saturated heterocycles. The Hall–Kier alpha value is -1.91. The molecule has 0 aliphatic carbocycles. The van der Waals surface area contributed by atoms with Crippen LogP contribution in [0.1, 0.15) is 61.3 Å². The third-order valence-electron chi connectivity index (χ3n) is 3.65. The van der Waals surface area contributed by atoms with Crippen LogP contribution in [0.3, 0.4) is 0 Å². The summed E-state index contributed by atoms with van der Waals surface area (Å²) in [6, 6.07) is 1.88. The van der Waals surface area contributed by atoms with Gasteiger partial charge in [0.25, 0.3) is 11.6 Å². The van der Waals surface area contributed by atoms with Gasteiger partial charge in [0.2, 0.25) is 0 Å². The number of pyridine rings is 1. The lowest BCUT2D eigenvalue weighted by Gasteiger charge is -2.18. The van der Waals surface area contributed by atoms with Gasteiger partial charge in [0.15, 0.2) is 0 Å². The van der Waals surface area contributed by atoms with Gasteiger partial charge in [-0.15, -0.1) is 0 Å². The normalized spacial score (nSPS) is 11.3. The van der Waals surface area contributed by atoms with Crippen molar-refractivity contribution >= 4 is 17.0 Å². The SMILES string of the molecule is CCCCN(C)C(=O)c1cc(C(C)C)nc2onc(C)c12. The number of unbranched alkanes of at least 4 members (excludes halogenated alkanes) is 1. The Morgan fingerprint density at radius 1 is 1.43 bits per heavy atom. The second-order valence-electron chi connectivity index (χ2n) is 5.78. The fraction of sp³-hybridized carbons (Fsp3) is 0.562. The molecule has 0 aromatic carbocycles. The summed E-state index contributed by atoms with van der Waals surface area (Å²) in [7, 11) is 1.84. The van der Waals surface area contributed by atoms with Gasteiger partial charge in [0.1, 0.15) is 0 Å². The van der Waals surface area contributed by atoms with Crippen LogP contribution in [0.4, 0.5) is 0 Å². The molecule has 0 saturated carbocycles. The molecule has 0 aliphatic heterocycles. The Balaban J connectivity index is 2.49. The molecule has 0 spiro atoms. The lowest BCUT2D eigenvalue weighted by molar-refractivity contribution is 0.0795. The third kappa shape index (κ3) is 3.06. The summed E-state index contributed by atoms with van der Waals surface area (Å²) in [6.07, 6.45) is 2.06. The Labute approximate surface area is 125 Å². The average Bonchev–Trinajstić information content (AvgIpc) is 2.84. The summed E-state index contributed by atoms with van der Waals surface area (Å²) < 4.78 is 5.26. The molecule has 1 amide bonds. The zero-order valence-corrected chi connectivity index (χ0v) is 13.4. The van der Waals surface area contributed by atoms with Crippen LogP contribution in [0.15, 0.2) is 10.6 Å². The summed E-state index contributed by atoms with van der Waals surface area (Å²) in [4.78, 5) is 18.9. The van der Waals surface area contributed by atoms with Crippen LogP contribution in [0, 0.1) is 6.92 Å². The highest BCUT2D eigenvalue weighted by molar-refractivity contribution is 6.05. The molecule has 2 rings (SSSR count). The minimum atomic E-state index is 0.00375. The van der Waals surface area contributed by atoms with Gasteiger partial charge in [-0.2, -0.15) is 0 Å². The molecule has 0 atom stereocenters. The van der Waals surface area contributed by atoms with Crippen molar-refractivity contribution in [3.8, 4) is 0 Å². The van der Waals surface area contributed by atoms with Crippen molar-refractivity contribution in [1.29, 1.82) is 0 Å². The van der Waals surface area contributed by atoms with E-state index in [9.17, 15) is 4.79 Å². The van der Waals surface area contributed by atoms with Crippen LogP contribution in [-0.4, -0.2) is 34.5 Å². The molecule has 0 unspecified atom stereocenters. The predicted octanol–water partition coefficient (Wildman–Crippen LogP) is 3.53. The fourth-order valence-electron chi connectivity index (χ4n) is 2.28. The summed E-state index contributed by atoms with van der Waals surface area (Å²) in [5.41, 5.74) is 2.65. The molecule has 0 aliphatic rings. The average molecular weight is 289 g/mol. The van der Waals surface area contributed by atoms with E-state index in [-0.39, 0.29) is 11.8 Å². The number of nitrogens with zero attached hydrogens (tertiary/aromatic N) is 3. The van der Waals surface area contributed by atoms with Crippen LogP contribution in [-0.2, 0) is 0 Å². The number of aryl methyl sites for hydroxylation is 1. The highest BCUT2D eigenvalue weighted by Crippen LogP contribution is 2.26. The van der Waals surface area contributed by atoms with E-state index in [0.29, 0.717) is 17.0 Å². The van der Waals surface area contributed by atoms with Gasteiger partial charge in [-0.3, -0.25) is 4.79 Å². The Morgan fingerprint density at radius 3 is 2.76 bits per heavy atom. The van der Waals surface area contributed by atoms with E-state index in [1.54, 1.807) is 4.90 Å². The molecule has 2 aromatic rings. The zero-order chi connectivity index (χ0) is 15.6. The smallest absolute Gasteiger partial charge is 0.259 e. The number of rotatable bonds is 5. The molecule has 21 heavy (non-hydrogen) atoms. The number of carbonyl (C=O) groups is 1. The number of aromatic nitrogens is 2. The van der Waals surface area contributed by atoms with Crippen molar-refractivity contribution in [1.82, 2.24) is 15.0 Å². The maximum Gasteiger partial charge on any atom is 0.259 e. The lowest BCUT2D eigenvalue weighted by Crippen LogP contribution is -2.28. The van der Waals surface area contributed by atoms with E-state index >= 15 is 0 Å². The molecular formula is C16H23N3O2. The second-order valence-corrected chi connectivity index (χ2v) is 5.78. The molecule has 2 aromatic heterocycles. The first kappa shape index (κ1) is 15.5. The van der Waals surface area contributed by atoms with Gasteiger partial charge >= 0.3 is 0 Å². The highest BCUT2D eigenvalue weighted by Gasteiger charge is 2.21.